The average Bonchev–Trinajstić information content (AvgIpc) is 3.20. The third kappa shape index (κ3) is 7.02. The molecule has 1 aromatic heterocycles. The summed E-state index contributed by atoms with van der Waals surface area (Å²) < 4.78 is 23.5. The number of nitrogens with zero attached hydrogens (tertiary/aromatic N) is 2. The van der Waals surface area contributed by atoms with E-state index in [-0.39, 0.29) is 36.7 Å². The molecule has 0 radical (unpaired) electrons. The Labute approximate surface area is 171 Å². The van der Waals surface area contributed by atoms with Crippen LogP contribution in [-0.4, -0.2) is 47.9 Å². The molecular formula is C22H29FN2O4. The quantitative estimate of drug-likeness (QED) is 0.568. The number of rotatable bonds is 10. The van der Waals surface area contributed by atoms with Crippen LogP contribution in [0.3, 0.4) is 0 Å². The summed E-state index contributed by atoms with van der Waals surface area (Å²) >= 11 is 0. The number of hydrogen-bond donors (Lipinski definition) is 0. The Hall–Kier alpha value is -2.67. The molecule has 0 bridgehead atoms. The Morgan fingerprint density at radius 1 is 1.10 bits per heavy atom. The van der Waals surface area contributed by atoms with E-state index in [0.29, 0.717) is 18.8 Å². The summed E-state index contributed by atoms with van der Waals surface area (Å²) in [4.78, 5) is 28.7. The summed E-state index contributed by atoms with van der Waals surface area (Å²) in [6.45, 7) is 7.02. The second-order valence-electron chi connectivity index (χ2n) is 7.48. The predicted octanol–water partition coefficient (Wildman–Crippen LogP) is 3.47. The molecule has 2 rings (SSSR count). The van der Waals surface area contributed by atoms with E-state index in [1.165, 1.54) is 19.2 Å². The summed E-state index contributed by atoms with van der Waals surface area (Å²) in [6.07, 6.45) is 1.56. The molecule has 0 N–H and O–H groups in total. The minimum atomic E-state index is -0.539. The van der Waals surface area contributed by atoms with Gasteiger partial charge in [-0.15, -0.1) is 0 Å². The standard InChI is InChI=1S/C22H29FN2O4/c1-16(2)12-24(17(3)22(27)28-4)15-21(26)25(14-20-6-5-11-29-20)13-18-7-9-19(23)10-8-18/h5-11,16-17H,12-15H2,1-4H3/t17-/m0/s1. The van der Waals surface area contributed by atoms with Crippen LogP contribution in [0, 0.1) is 11.7 Å². The normalized spacial score (nSPS) is 12.2. The van der Waals surface area contributed by atoms with Crippen molar-refractivity contribution >= 4 is 11.9 Å². The van der Waals surface area contributed by atoms with Crippen LogP contribution >= 0.6 is 0 Å². The van der Waals surface area contributed by atoms with Gasteiger partial charge in [0, 0.05) is 13.1 Å². The lowest BCUT2D eigenvalue weighted by Crippen LogP contribution is -2.47. The first-order valence-corrected chi connectivity index (χ1v) is 9.66. The summed E-state index contributed by atoms with van der Waals surface area (Å²) in [7, 11) is 1.34. The highest BCUT2D eigenvalue weighted by Gasteiger charge is 2.27. The van der Waals surface area contributed by atoms with Crippen molar-refractivity contribution in [2.45, 2.75) is 39.9 Å². The molecule has 1 heterocycles. The van der Waals surface area contributed by atoms with Gasteiger partial charge >= 0.3 is 5.97 Å². The fourth-order valence-corrected chi connectivity index (χ4v) is 3.06. The molecule has 6 nitrogen and oxygen atoms in total. The molecule has 0 unspecified atom stereocenters. The molecule has 158 valence electrons. The van der Waals surface area contributed by atoms with Crippen molar-refractivity contribution in [3.63, 3.8) is 0 Å². The second-order valence-corrected chi connectivity index (χ2v) is 7.48. The van der Waals surface area contributed by atoms with Crippen LogP contribution in [0.1, 0.15) is 32.1 Å². The molecule has 0 spiro atoms. The van der Waals surface area contributed by atoms with E-state index in [1.807, 2.05) is 18.7 Å². The smallest absolute Gasteiger partial charge is 0.322 e. The Kier molecular flexibility index (Phi) is 8.39. The number of carbonyl (C=O) groups is 2. The van der Waals surface area contributed by atoms with Crippen molar-refractivity contribution < 1.29 is 23.1 Å². The molecule has 7 heteroatoms. The molecule has 29 heavy (non-hydrogen) atoms. The van der Waals surface area contributed by atoms with Crippen molar-refractivity contribution in [2.24, 2.45) is 5.92 Å². The zero-order valence-electron chi connectivity index (χ0n) is 17.4. The lowest BCUT2D eigenvalue weighted by molar-refractivity contribution is -0.148. The molecule has 2 aromatic rings. The van der Waals surface area contributed by atoms with Gasteiger partial charge in [-0.3, -0.25) is 14.5 Å². The minimum Gasteiger partial charge on any atom is -0.468 e. The van der Waals surface area contributed by atoms with Crippen LogP contribution in [0.5, 0.6) is 0 Å². The minimum absolute atomic E-state index is 0.0658. The van der Waals surface area contributed by atoms with Gasteiger partial charge in [-0.2, -0.15) is 0 Å². The molecular weight excluding hydrogens is 375 g/mol. The van der Waals surface area contributed by atoms with Gasteiger partial charge in [0.2, 0.25) is 5.91 Å². The number of benzene rings is 1. The van der Waals surface area contributed by atoms with E-state index >= 15 is 0 Å². The lowest BCUT2D eigenvalue weighted by atomic mass is 10.1. The van der Waals surface area contributed by atoms with Crippen LogP contribution in [-0.2, 0) is 27.4 Å². The van der Waals surface area contributed by atoms with E-state index in [2.05, 4.69) is 0 Å². The van der Waals surface area contributed by atoms with Gasteiger partial charge in [-0.25, -0.2) is 4.39 Å². The first-order chi connectivity index (χ1) is 13.8. The highest BCUT2D eigenvalue weighted by Crippen LogP contribution is 2.14. The van der Waals surface area contributed by atoms with E-state index in [9.17, 15) is 14.0 Å². The Bertz CT molecular complexity index is 775. The van der Waals surface area contributed by atoms with Crippen molar-refractivity contribution in [2.75, 3.05) is 20.2 Å². The van der Waals surface area contributed by atoms with Crippen molar-refractivity contribution in [1.29, 1.82) is 0 Å². The number of methoxy groups -OCH3 is 1. The van der Waals surface area contributed by atoms with E-state index in [1.54, 1.807) is 42.4 Å². The van der Waals surface area contributed by atoms with E-state index < -0.39 is 6.04 Å². The van der Waals surface area contributed by atoms with Crippen molar-refractivity contribution in [3.8, 4) is 0 Å². The largest absolute Gasteiger partial charge is 0.468 e. The highest BCUT2D eigenvalue weighted by atomic mass is 19.1. The van der Waals surface area contributed by atoms with E-state index in [4.69, 9.17) is 9.15 Å². The summed E-state index contributed by atoms with van der Waals surface area (Å²) in [5, 5.41) is 0. The van der Waals surface area contributed by atoms with Gasteiger partial charge in [0.15, 0.2) is 0 Å². The van der Waals surface area contributed by atoms with Gasteiger partial charge in [0.25, 0.3) is 0 Å². The average molecular weight is 404 g/mol. The first kappa shape index (κ1) is 22.6. The maximum absolute atomic E-state index is 13.2. The summed E-state index contributed by atoms with van der Waals surface area (Å²) in [6, 6.07) is 9.07. The Morgan fingerprint density at radius 3 is 2.34 bits per heavy atom. The maximum Gasteiger partial charge on any atom is 0.322 e. The zero-order valence-corrected chi connectivity index (χ0v) is 17.4. The Balaban J connectivity index is 2.18. The van der Waals surface area contributed by atoms with Crippen LogP contribution in [0.4, 0.5) is 4.39 Å². The molecule has 0 saturated heterocycles. The molecule has 0 aliphatic carbocycles. The SMILES string of the molecule is COC(=O)[C@H](C)N(CC(=O)N(Cc1ccc(F)cc1)Cc1ccco1)CC(C)C. The van der Waals surface area contributed by atoms with Crippen molar-refractivity contribution in [3.05, 3.63) is 59.8 Å². The molecule has 0 aliphatic rings. The van der Waals surface area contributed by atoms with Gasteiger partial charge in [-0.05, 0) is 42.7 Å². The highest BCUT2D eigenvalue weighted by molar-refractivity contribution is 5.80. The topological polar surface area (TPSA) is 63.0 Å². The number of esters is 1. The fraction of sp³-hybridized carbons (Fsp3) is 0.455. The van der Waals surface area contributed by atoms with Crippen molar-refractivity contribution in [1.82, 2.24) is 9.80 Å². The number of amides is 1. The number of furan rings is 1. The molecule has 1 atom stereocenters. The third-order valence-corrected chi connectivity index (χ3v) is 4.59. The van der Waals surface area contributed by atoms with Gasteiger partial charge in [-0.1, -0.05) is 26.0 Å². The number of carbonyl (C=O) groups excluding carboxylic acids is 2. The monoisotopic (exact) mass is 404 g/mol. The maximum atomic E-state index is 13.2. The fourth-order valence-electron chi connectivity index (χ4n) is 3.06. The van der Waals surface area contributed by atoms with Gasteiger partial charge in [0.1, 0.15) is 17.6 Å². The number of ether oxygens (including phenoxy) is 1. The summed E-state index contributed by atoms with van der Waals surface area (Å²) in [5.41, 5.74) is 0.808. The molecule has 0 saturated carbocycles. The molecule has 0 aliphatic heterocycles. The van der Waals surface area contributed by atoms with Gasteiger partial charge < -0.3 is 14.1 Å². The number of hydrogen-bond acceptors (Lipinski definition) is 5. The molecule has 1 amide bonds. The zero-order chi connectivity index (χ0) is 21.4. The molecule has 0 fully saturated rings. The third-order valence-electron chi connectivity index (χ3n) is 4.59. The predicted molar refractivity (Wildman–Crippen MR) is 107 cm³/mol. The van der Waals surface area contributed by atoms with Crippen LogP contribution in [0.2, 0.25) is 0 Å². The van der Waals surface area contributed by atoms with Gasteiger partial charge in [0.05, 0.1) is 26.5 Å². The lowest BCUT2D eigenvalue weighted by Gasteiger charge is -2.31. The summed E-state index contributed by atoms with van der Waals surface area (Å²) in [5.74, 6) is 0.0618. The first-order valence-electron chi connectivity index (χ1n) is 9.66. The van der Waals surface area contributed by atoms with Crippen LogP contribution in [0.25, 0.3) is 0 Å². The number of halogens is 1. The van der Waals surface area contributed by atoms with E-state index in [0.717, 1.165) is 5.56 Å². The van der Waals surface area contributed by atoms with Crippen LogP contribution in [0.15, 0.2) is 47.1 Å². The Morgan fingerprint density at radius 2 is 1.79 bits per heavy atom. The second kappa shape index (κ2) is 10.8. The molecule has 1 aromatic carbocycles. The van der Waals surface area contributed by atoms with Crippen LogP contribution < -0.4 is 0 Å².